The smallest absolute Gasteiger partial charge is 0.242 e. The van der Waals surface area contributed by atoms with E-state index in [1.807, 2.05) is 36.7 Å². The summed E-state index contributed by atoms with van der Waals surface area (Å²) < 4.78 is 7.63. The Morgan fingerprint density at radius 1 is 1.33 bits per heavy atom. The van der Waals surface area contributed by atoms with Gasteiger partial charge in [-0.25, -0.2) is 0 Å². The first-order valence-corrected chi connectivity index (χ1v) is 8.51. The van der Waals surface area contributed by atoms with Crippen LogP contribution in [-0.2, 0) is 16.1 Å². The molecule has 1 aromatic heterocycles. The summed E-state index contributed by atoms with van der Waals surface area (Å²) in [5, 5.41) is 0.647. The van der Waals surface area contributed by atoms with Crippen LogP contribution in [0.5, 0.6) is 0 Å². The van der Waals surface area contributed by atoms with E-state index in [2.05, 4.69) is 0 Å². The molecule has 0 bridgehead atoms. The van der Waals surface area contributed by atoms with Crippen molar-refractivity contribution >= 4 is 16.8 Å². The summed E-state index contributed by atoms with van der Waals surface area (Å²) in [6, 6.07) is 9.03. The Labute approximate surface area is 141 Å². The molecule has 1 aliphatic rings. The molecule has 0 spiro atoms. The van der Waals surface area contributed by atoms with Gasteiger partial charge in [-0.1, -0.05) is 12.1 Å². The van der Waals surface area contributed by atoms with E-state index in [1.54, 1.807) is 17.0 Å². The predicted octanol–water partition coefficient (Wildman–Crippen LogP) is 2.34. The van der Waals surface area contributed by atoms with E-state index in [0.29, 0.717) is 11.9 Å². The molecule has 1 unspecified atom stereocenters. The van der Waals surface area contributed by atoms with E-state index in [1.165, 1.54) is 0 Å². The van der Waals surface area contributed by atoms with Crippen molar-refractivity contribution in [1.29, 1.82) is 0 Å². The third-order valence-corrected chi connectivity index (χ3v) is 4.70. The van der Waals surface area contributed by atoms with Gasteiger partial charge in [0, 0.05) is 37.3 Å². The fourth-order valence-corrected chi connectivity index (χ4v) is 3.28. The van der Waals surface area contributed by atoms with Gasteiger partial charge in [-0.2, -0.15) is 0 Å². The number of likely N-dealkylation sites (N-methyl/N-ethyl adjacent to an activating group) is 1. The second-order valence-electron chi connectivity index (χ2n) is 6.52. The average Bonchev–Trinajstić information content (AvgIpc) is 2.59. The van der Waals surface area contributed by atoms with Crippen molar-refractivity contribution in [2.45, 2.75) is 38.8 Å². The minimum atomic E-state index is -0.00393. The number of benzene rings is 1. The third-order valence-electron chi connectivity index (χ3n) is 4.70. The largest absolute Gasteiger partial charge is 0.376 e. The molecule has 128 valence electrons. The summed E-state index contributed by atoms with van der Waals surface area (Å²) in [5.74, 6) is 0.0288. The van der Waals surface area contributed by atoms with Crippen LogP contribution >= 0.6 is 0 Å². The maximum absolute atomic E-state index is 12.6. The van der Waals surface area contributed by atoms with Gasteiger partial charge in [0.2, 0.25) is 5.91 Å². The van der Waals surface area contributed by atoms with Crippen molar-refractivity contribution in [2.75, 3.05) is 20.2 Å². The summed E-state index contributed by atoms with van der Waals surface area (Å²) in [6.45, 7) is 3.51. The summed E-state index contributed by atoms with van der Waals surface area (Å²) >= 11 is 0. The van der Waals surface area contributed by atoms with Gasteiger partial charge in [0.15, 0.2) is 5.43 Å². The van der Waals surface area contributed by atoms with Crippen molar-refractivity contribution in [2.24, 2.45) is 0 Å². The Hall–Kier alpha value is -2.14. The molecular weight excluding hydrogens is 304 g/mol. The molecule has 1 saturated heterocycles. The SMILES string of the molecule is Cc1cc(=O)c2ccccc2n1CC(=O)N(C)CC1CCCCO1. The van der Waals surface area contributed by atoms with Crippen molar-refractivity contribution in [3.63, 3.8) is 0 Å². The lowest BCUT2D eigenvalue weighted by molar-refractivity contribution is -0.132. The van der Waals surface area contributed by atoms with Crippen LogP contribution in [0.15, 0.2) is 35.1 Å². The van der Waals surface area contributed by atoms with Crippen LogP contribution < -0.4 is 5.43 Å². The molecule has 1 aromatic carbocycles. The molecule has 1 fully saturated rings. The highest BCUT2D eigenvalue weighted by atomic mass is 16.5. The lowest BCUT2D eigenvalue weighted by Gasteiger charge is -2.28. The maximum atomic E-state index is 12.6. The van der Waals surface area contributed by atoms with Crippen LogP contribution in [0.1, 0.15) is 25.0 Å². The molecule has 3 rings (SSSR count). The zero-order valence-corrected chi connectivity index (χ0v) is 14.3. The average molecular weight is 328 g/mol. The second-order valence-corrected chi connectivity index (χ2v) is 6.52. The number of nitrogens with zero attached hydrogens (tertiary/aromatic N) is 2. The van der Waals surface area contributed by atoms with Gasteiger partial charge < -0.3 is 14.2 Å². The van der Waals surface area contributed by atoms with Gasteiger partial charge in [0.1, 0.15) is 6.54 Å². The lowest BCUT2D eigenvalue weighted by Crippen LogP contribution is -2.39. The number of amides is 1. The van der Waals surface area contributed by atoms with Crippen LogP contribution in [0, 0.1) is 6.92 Å². The predicted molar refractivity (Wildman–Crippen MR) is 94.2 cm³/mol. The number of hydrogen-bond acceptors (Lipinski definition) is 3. The molecule has 0 radical (unpaired) electrons. The molecule has 0 aliphatic carbocycles. The fourth-order valence-electron chi connectivity index (χ4n) is 3.28. The molecule has 24 heavy (non-hydrogen) atoms. The van der Waals surface area contributed by atoms with Crippen molar-refractivity contribution in [3.8, 4) is 0 Å². The van der Waals surface area contributed by atoms with E-state index >= 15 is 0 Å². The molecule has 2 aromatic rings. The number of rotatable bonds is 4. The van der Waals surface area contributed by atoms with Gasteiger partial charge in [-0.3, -0.25) is 9.59 Å². The van der Waals surface area contributed by atoms with Crippen molar-refractivity contribution in [3.05, 3.63) is 46.2 Å². The van der Waals surface area contributed by atoms with Crippen LogP contribution in [0.4, 0.5) is 0 Å². The quantitative estimate of drug-likeness (QED) is 0.865. The highest BCUT2D eigenvalue weighted by molar-refractivity contribution is 5.82. The maximum Gasteiger partial charge on any atom is 0.242 e. The van der Waals surface area contributed by atoms with Crippen LogP contribution in [0.2, 0.25) is 0 Å². The highest BCUT2D eigenvalue weighted by Gasteiger charge is 2.19. The number of fused-ring (bicyclic) bond motifs is 1. The Bertz CT molecular complexity index is 791. The Morgan fingerprint density at radius 3 is 2.88 bits per heavy atom. The number of aromatic nitrogens is 1. The first kappa shape index (κ1) is 16.7. The molecule has 1 aliphatic heterocycles. The minimum Gasteiger partial charge on any atom is -0.376 e. The fraction of sp³-hybridized carbons (Fsp3) is 0.474. The monoisotopic (exact) mass is 328 g/mol. The van der Waals surface area contributed by atoms with Crippen LogP contribution in [0.25, 0.3) is 10.9 Å². The highest BCUT2D eigenvalue weighted by Crippen LogP contribution is 2.15. The van der Waals surface area contributed by atoms with Gasteiger partial charge >= 0.3 is 0 Å². The van der Waals surface area contributed by atoms with E-state index in [4.69, 9.17) is 4.74 Å². The summed E-state index contributed by atoms with van der Waals surface area (Å²) in [5.41, 5.74) is 1.60. The number of ether oxygens (including phenoxy) is 1. The molecule has 5 heteroatoms. The van der Waals surface area contributed by atoms with E-state index in [-0.39, 0.29) is 24.0 Å². The number of hydrogen-bond donors (Lipinski definition) is 0. The van der Waals surface area contributed by atoms with Gasteiger partial charge in [-0.05, 0) is 38.3 Å². The van der Waals surface area contributed by atoms with E-state index < -0.39 is 0 Å². The normalized spacial score (nSPS) is 17.8. The molecule has 1 atom stereocenters. The summed E-state index contributed by atoms with van der Waals surface area (Å²) in [6.07, 6.45) is 3.42. The van der Waals surface area contributed by atoms with Gasteiger partial charge in [0.05, 0.1) is 11.6 Å². The van der Waals surface area contributed by atoms with Crippen molar-refractivity contribution in [1.82, 2.24) is 9.47 Å². The molecule has 5 nitrogen and oxygen atoms in total. The molecule has 0 saturated carbocycles. The van der Waals surface area contributed by atoms with E-state index in [9.17, 15) is 9.59 Å². The van der Waals surface area contributed by atoms with E-state index in [0.717, 1.165) is 37.1 Å². The zero-order valence-electron chi connectivity index (χ0n) is 14.3. The van der Waals surface area contributed by atoms with Crippen LogP contribution in [0.3, 0.4) is 0 Å². The van der Waals surface area contributed by atoms with Crippen molar-refractivity contribution < 1.29 is 9.53 Å². The standard InChI is InChI=1S/C19H24N2O3/c1-14-11-18(22)16-8-3-4-9-17(16)21(14)13-19(23)20(2)12-15-7-5-6-10-24-15/h3-4,8-9,11,15H,5-7,10,12-13H2,1-2H3. The van der Waals surface area contributed by atoms with Gasteiger partial charge in [-0.15, -0.1) is 0 Å². The first-order chi connectivity index (χ1) is 11.6. The lowest BCUT2D eigenvalue weighted by atomic mass is 10.1. The Balaban J connectivity index is 1.79. The number of carbonyl (C=O) groups excluding carboxylic acids is 1. The summed E-state index contributed by atoms with van der Waals surface area (Å²) in [7, 11) is 1.82. The zero-order chi connectivity index (χ0) is 17.1. The minimum absolute atomic E-state index is 0.00393. The number of para-hydroxylation sites is 1. The Kier molecular flexibility index (Phi) is 5.00. The summed E-state index contributed by atoms with van der Waals surface area (Å²) in [4.78, 5) is 26.5. The topological polar surface area (TPSA) is 51.5 Å². The number of carbonyl (C=O) groups is 1. The second kappa shape index (κ2) is 7.18. The number of aryl methyl sites for hydroxylation is 1. The first-order valence-electron chi connectivity index (χ1n) is 8.51. The molecule has 2 heterocycles. The Morgan fingerprint density at radius 2 is 2.12 bits per heavy atom. The number of pyridine rings is 1. The van der Waals surface area contributed by atoms with Crippen LogP contribution in [-0.4, -0.2) is 41.7 Å². The van der Waals surface area contributed by atoms with Gasteiger partial charge in [0.25, 0.3) is 0 Å². The molecule has 0 N–H and O–H groups in total. The molecule has 1 amide bonds. The third kappa shape index (κ3) is 3.51. The molecular formula is C19H24N2O3.